The molecule has 0 saturated carbocycles. The Morgan fingerprint density at radius 1 is 1.29 bits per heavy atom. The number of hydrogen-bond acceptors (Lipinski definition) is 5. The molecule has 3 heterocycles. The Kier molecular flexibility index (Phi) is 6.13. The van der Waals surface area contributed by atoms with E-state index >= 15 is 0 Å². The maximum Gasteiger partial charge on any atom is 0.251 e. The van der Waals surface area contributed by atoms with Crippen molar-refractivity contribution in [3.8, 4) is 0 Å². The van der Waals surface area contributed by atoms with Crippen molar-refractivity contribution in [1.82, 2.24) is 15.2 Å². The van der Waals surface area contributed by atoms with Crippen LogP contribution in [0.15, 0.2) is 71.5 Å². The lowest BCUT2D eigenvalue weighted by Crippen LogP contribution is -2.39. The van der Waals surface area contributed by atoms with Gasteiger partial charge in [-0.1, -0.05) is 12.1 Å². The van der Waals surface area contributed by atoms with E-state index in [1.807, 2.05) is 43.6 Å². The molecule has 2 unspecified atom stereocenters. The maximum atomic E-state index is 12.8. The fourth-order valence-corrected chi connectivity index (χ4v) is 5.02. The molecular formula is C24H28N4O2S. The highest BCUT2D eigenvalue weighted by molar-refractivity contribution is 8.01. The average molecular weight is 437 g/mol. The summed E-state index contributed by atoms with van der Waals surface area (Å²) in [5, 5.41) is 2.77. The second-order valence-electron chi connectivity index (χ2n) is 7.90. The third-order valence-electron chi connectivity index (χ3n) is 5.68. The first-order valence-electron chi connectivity index (χ1n) is 10.3. The first kappa shape index (κ1) is 21.2. The standard InChI is InChI=1S/C24H26N4O2S.H2/c1-16-11-18(8-10-27(16)2)15-26-23(29)19-6-7-20-21(13-19)31-22(24(30)28(20)3)12-17-5-4-9-25-14-17;/h4-11,13-14,16,22H,12,15H2,1-3H3,(H,26,29);1H. The fraction of sp³-hybridized carbons (Fsp3) is 0.292. The van der Waals surface area contributed by atoms with E-state index in [9.17, 15) is 9.59 Å². The molecule has 31 heavy (non-hydrogen) atoms. The van der Waals surface area contributed by atoms with E-state index in [-0.39, 0.29) is 18.5 Å². The van der Waals surface area contributed by atoms with Crippen molar-refractivity contribution >= 4 is 29.3 Å². The van der Waals surface area contributed by atoms with Crippen LogP contribution in [0.2, 0.25) is 0 Å². The molecule has 2 aliphatic rings. The summed E-state index contributed by atoms with van der Waals surface area (Å²) in [6.07, 6.45) is 10.3. The van der Waals surface area contributed by atoms with Gasteiger partial charge in [-0.2, -0.15) is 0 Å². The Balaban J connectivity index is 0.00000289. The Morgan fingerprint density at radius 2 is 2.13 bits per heavy atom. The van der Waals surface area contributed by atoms with E-state index in [1.54, 1.807) is 30.4 Å². The van der Waals surface area contributed by atoms with Crippen LogP contribution in [0.1, 0.15) is 24.3 Å². The van der Waals surface area contributed by atoms with Crippen LogP contribution in [0.4, 0.5) is 5.69 Å². The summed E-state index contributed by atoms with van der Waals surface area (Å²) in [7, 11) is 3.82. The quantitative estimate of drug-likeness (QED) is 0.777. The van der Waals surface area contributed by atoms with Gasteiger partial charge in [0.1, 0.15) is 0 Å². The zero-order valence-corrected chi connectivity index (χ0v) is 18.7. The summed E-state index contributed by atoms with van der Waals surface area (Å²) in [6, 6.07) is 9.68. The van der Waals surface area contributed by atoms with Crippen molar-refractivity contribution < 1.29 is 11.0 Å². The second-order valence-corrected chi connectivity index (χ2v) is 9.14. The zero-order chi connectivity index (χ0) is 22.0. The van der Waals surface area contributed by atoms with Gasteiger partial charge in [-0.05, 0) is 61.0 Å². The molecule has 4 rings (SSSR count). The van der Waals surface area contributed by atoms with Gasteiger partial charge in [-0.25, -0.2) is 0 Å². The Bertz CT molecular complexity index is 1060. The number of hydrogen-bond donors (Lipinski definition) is 1. The summed E-state index contributed by atoms with van der Waals surface area (Å²) in [5.41, 5.74) is 3.55. The average Bonchev–Trinajstić information content (AvgIpc) is 2.78. The number of thioether (sulfide) groups is 1. The lowest BCUT2D eigenvalue weighted by atomic mass is 10.1. The first-order valence-corrected chi connectivity index (χ1v) is 11.2. The number of rotatable bonds is 5. The Labute approximate surface area is 188 Å². The molecule has 1 N–H and O–H groups in total. The predicted octanol–water partition coefficient (Wildman–Crippen LogP) is 3.51. The van der Waals surface area contributed by atoms with Gasteiger partial charge in [-0.3, -0.25) is 14.6 Å². The largest absolute Gasteiger partial charge is 0.374 e. The highest BCUT2D eigenvalue weighted by Gasteiger charge is 2.32. The highest BCUT2D eigenvalue weighted by atomic mass is 32.2. The van der Waals surface area contributed by atoms with Crippen molar-refractivity contribution in [1.29, 1.82) is 0 Å². The van der Waals surface area contributed by atoms with Crippen LogP contribution in [0.3, 0.4) is 0 Å². The number of pyridine rings is 1. The lowest BCUT2D eigenvalue weighted by Gasteiger charge is -2.31. The molecule has 2 atom stereocenters. The number of anilines is 1. The summed E-state index contributed by atoms with van der Waals surface area (Å²) in [4.78, 5) is 34.5. The lowest BCUT2D eigenvalue weighted by molar-refractivity contribution is -0.117. The summed E-state index contributed by atoms with van der Waals surface area (Å²) >= 11 is 1.51. The van der Waals surface area contributed by atoms with Crippen molar-refractivity contribution in [3.05, 3.63) is 77.8 Å². The van der Waals surface area contributed by atoms with Crippen LogP contribution >= 0.6 is 11.8 Å². The summed E-state index contributed by atoms with van der Waals surface area (Å²) in [5.74, 6) is -0.0543. The molecule has 0 saturated heterocycles. The molecular weight excluding hydrogens is 408 g/mol. The monoisotopic (exact) mass is 436 g/mol. The zero-order valence-electron chi connectivity index (χ0n) is 17.9. The molecule has 1 aromatic heterocycles. The van der Waals surface area contributed by atoms with E-state index < -0.39 is 0 Å². The van der Waals surface area contributed by atoms with Gasteiger partial charge in [0.15, 0.2) is 0 Å². The van der Waals surface area contributed by atoms with Gasteiger partial charge in [-0.15, -0.1) is 11.8 Å². The number of carbonyl (C=O) groups is 2. The predicted molar refractivity (Wildman–Crippen MR) is 126 cm³/mol. The molecule has 0 aliphatic carbocycles. The molecule has 2 amide bonds. The number of aromatic nitrogens is 1. The second kappa shape index (κ2) is 8.98. The molecule has 2 aliphatic heterocycles. The highest BCUT2D eigenvalue weighted by Crippen LogP contribution is 2.40. The van der Waals surface area contributed by atoms with Gasteiger partial charge in [0, 0.05) is 51.0 Å². The van der Waals surface area contributed by atoms with Crippen LogP contribution in [-0.2, 0) is 11.2 Å². The molecule has 0 bridgehead atoms. The smallest absolute Gasteiger partial charge is 0.251 e. The van der Waals surface area contributed by atoms with Gasteiger partial charge >= 0.3 is 0 Å². The summed E-state index contributed by atoms with van der Waals surface area (Å²) in [6.45, 7) is 2.60. The minimum atomic E-state index is -0.240. The number of nitrogens with zero attached hydrogens (tertiary/aromatic N) is 3. The number of amides is 2. The van der Waals surface area contributed by atoms with Crippen LogP contribution in [0.5, 0.6) is 0 Å². The van der Waals surface area contributed by atoms with E-state index in [0.717, 1.165) is 21.7 Å². The topological polar surface area (TPSA) is 65.5 Å². The van der Waals surface area contributed by atoms with Crippen molar-refractivity contribution in [2.24, 2.45) is 0 Å². The van der Waals surface area contributed by atoms with Gasteiger partial charge in [0.2, 0.25) is 5.91 Å². The van der Waals surface area contributed by atoms with Crippen LogP contribution in [-0.4, -0.2) is 53.6 Å². The Hall–Kier alpha value is -3.06. The van der Waals surface area contributed by atoms with E-state index in [1.165, 1.54) is 11.8 Å². The summed E-state index contributed by atoms with van der Waals surface area (Å²) < 4.78 is 0. The molecule has 6 nitrogen and oxygen atoms in total. The molecule has 162 valence electrons. The van der Waals surface area contributed by atoms with Crippen molar-refractivity contribution in [2.75, 3.05) is 25.5 Å². The molecule has 0 spiro atoms. The van der Waals surface area contributed by atoms with Crippen LogP contribution in [0, 0.1) is 0 Å². The minimum absolute atomic E-state index is 0. The third kappa shape index (κ3) is 4.66. The molecule has 0 radical (unpaired) electrons. The third-order valence-corrected chi connectivity index (χ3v) is 6.91. The normalized spacial score (nSPS) is 20.4. The number of nitrogens with one attached hydrogen (secondary N) is 1. The van der Waals surface area contributed by atoms with E-state index in [0.29, 0.717) is 24.6 Å². The first-order chi connectivity index (χ1) is 14.9. The molecule has 1 aromatic carbocycles. The van der Waals surface area contributed by atoms with Crippen LogP contribution in [0.25, 0.3) is 0 Å². The van der Waals surface area contributed by atoms with E-state index in [2.05, 4.69) is 28.2 Å². The SMILES string of the molecule is CC1C=C(CNC(=O)c2ccc3c(c2)SC(Cc2cccnc2)C(=O)N3C)C=CN1C.[HH]. The number of fused-ring (bicyclic) bond motifs is 1. The van der Waals surface area contributed by atoms with E-state index in [4.69, 9.17) is 0 Å². The number of benzene rings is 1. The fourth-order valence-electron chi connectivity index (χ4n) is 3.66. The van der Waals surface area contributed by atoms with Crippen LogP contribution < -0.4 is 10.2 Å². The molecule has 2 aromatic rings. The molecule has 0 fully saturated rings. The Morgan fingerprint density at radius 3 is 2.87 bits per heavy atom. The van der Waals surface area contributed by atoms with Gasteiger partial charge < -0.3 is 15.1 Å². The van der Waals surface area contributed by atoms with Gasteiger partial charge in [0.25, 0.3) is 5.91 Å². The maximum absolute atomic E-state index is 12.8. The van der Waals surface area contributed by atoms with Crippen molar-refractivity contribution in [3.63, 3.8) is 0 Å². The number of likely N-dealkylation sites (N-methyl/N-ethyl adjacent to an activating group) is 1. The number of carbonyl (C=O) groups excluding carboxylic acids is 2. The van der Waals surface area contributed by atoms with Crippen molar-refractivity contribution in [2.45, 2.75) is 29.5 Å². The molecule has 7 heteroatoms. The van der Waals surface area contributed by atoms with Gasteiger partial charge in [0.05, 0.1) is 10.9 Å². The minimum Gasteiger partial charge on any atom is -0.374 e.